The van der Waals surface area contributed by atoms with Crippen LogP contribution in [0, 0.1) is 9.39 Å². The highest BCUT2D eigenvalue weighted by Crippen LogP contribution is 2.40. The maximum absolute atomic E-state index is 14.8. The van der Waals surface area contributed by atoms with Crippen LogP contribution in [0.3, 0.4) is 0 Å². The van der Waals surface area contributed by atoms with Crippen LogP contribution in [0.25, 0.3) is 21.7 Å². The molecule has 1 aliphatic rings. The van der Waals surface area contributed by atoms with Crippen molar-refractivity contribution in [3.8, 4) is 0 Å². The summed E-state index contributed by atoms with van der Waals surface area (Å²) in [6, 6.07) is 10.2. The van der Waals surface area contributed by atoms with Crippen LogP contribution in [0.4, 0.5) is 10.1 Å². The summed E-state index contributed by atoms with van der Waals surface area (Å²) in [5.41, 5.74) is 1.37. The molecule has 1 aliphatic heterocycles. The average molecular weight is 605 g/mol. The van der Waals surface area contributed by atoms with Gasteiger partial charge in [-0.1, -0.05) is 23.7 Å². The van der Waals surface area contributed by atoms with Crippen molar-refractivity contribution in [2.75, 3.05) is 20.7 Å². The molecule has 9 heteroatoms. The Balaban J connectivity index is 1.71. The summed E-state index contributed by atoms with van der Waals surface area (Å²) >= 11 is 8.80. The minimum absolute atomic E-state index is 0.150. The third kappa shape index (κ3) is 4.54. The third-order valence-corrected chi connectivity index (χ3v) is 7.24. The first-order chi connectivity index (χ1) is 16.8. The largest absolute Gasteiger partial charge is 0.369 e. The molecule has 0 N–H and O–H groups in total. The number of rotatable bonds is 5. The van der Waals surface area contributed by atoms with Gasteiger partial charge in [-0.2, -0.15) is 5.10 Å². The van der Waals surface area contributed by atoms with Crippen LogP contribution in [0.15, 0.2) is 47.6 Å². The maximum Gasteiger partial charge on any atom is 0.196 e. The molecule has 3 aromatic carbocycles. The summed E-state index contributed by atoms with van der Waals surface area (Å²) in [6.45, 7) is 0.638. The lowest BCUT2D eigenvalue weighted by molar-refractivity contribution is -0.0391. The van der Waals surface area contributed by atoms with Crippen LogP contribution >= 0.6 is 34.2 Å². The van der Waals surface area contributed by atoms with Crippen LogP contribution in [0.1, 0.15) is 41.4 Å². The van der Waals surface area contributed by atoms with Crippen LogP contribution < -0.4 is 0 Å². The molecule has 2 heterocycles. The number of carbonyl (C=O) groups excluding carboxylic acids is 1. The van der Waals surface area contributed by atoms with Gasteiger partial charge in [-0.25, -0.2) is 14.1 Å². The van der Waals surface area contributed by atoms with Crippen molar-refractivity contribution in [1.29, 1.82) is 0 Å². The molecule has 1 fully saturated rings. The van der Waals surface area contributed by atoms with Gasteiger partial charge in [0.15, 0.2) is 11.6 Å². The minimum atomic E-state index is -0.479. The van der Waals surface area contributed by atoms with E-state index in [1.54, 1.807) is 28.2 Å². The Morgan fingerprint density at radius 2 is 2.09 bits per heavy atom. The third-order valence-electron chi connectivity index (χ3n) is 6.04. The first-order valence-corrected chi connectivity index (χ1v) is 12.8. The Hall–Kier alpha value is -2.56. The molecule has 0 amide bonds. The summed E-state index contributed by atoms with van der Waals surface area (Å²) in [6.07, 6.45) is 5.89. The Morgan fingerprint density at radius 1 is 1.26 bits per heavy atom. The molecule has 35 heavy (non-hydrogen) atoms. The molecule has 1 saturated heterocycles. The molecule has 0 bridgehead atoms. The Bertz CT molecular complexity index is 1480. The van der Waals surface area contributed by atoms with Gasteiger partial charge in [-0.3, -0.25) is 4.79 Å². The van der Waals surface area contributed by atoms with E-state index >= 15 is 0 Å². The van der Waals surface area contributed by atoms with Crippen molar-refractivity contribution in [2.45, 2.75) is 25.5 Å². The molecule has 1 unspecified atom stereocenters. The lowest BCUT2D eigenvalue weighted by Crippen LogP contribution is -2.18. The van der Waals surface area contributed by atoms with Gasteiger partial charge in [0.2, 0.25) is 0 Å². The van der Waals surface area contributed by atoms with Crippen molar-refractivity contribution in [3.63, 3.8) is 0 Å². The Kier molecular flexibility index (Phi) is 6.78. The zero-order valence-corrected chi connectivity index (χ0v) is 22.2. The van der Waals surface area contributed by atoms with Crippen LogP contribution in [0.5, 0.6) is 0 Å². The second-order valence-corrected chi connectivity index (χ2v) is 10.3. The highest BCUT2D eigenvalue weighted by molar-refractivity contribution is 14.1. The summed E-state index contributed by atoms with van der Waals surface area (Å²) in [5, 5.41) is 7.00. The first kappa shape index (κ1) is 24.1. The standard InChI is InChI=1S/C26H23ClFIN4O2/c1-32(2)14-30-25-17(12-21(29)16-6-5-7-19(27)23(16)25)26(34)15-9-10-20(28)24-18(15)13-33(31-24)22-8-3-4-11-35-22/h5-7,9-10,12-14,22H,3-4,8,11H2,1-2H3. The molecule has 1 aromatic heterocycles. The predicted molar refractivity (Wildman–Crippen MR) is 145 cm³/mol. The lowest BCUT2D eigenvalue weighted by atomic mass is 9.95. The van der Waals surface area contributed by atoms with E-state index in [1.807, 2.05) is 32.3 Å². The summed E-state index contributed by atoms with van der Waals surface area (Å²) < 4.78 is 23.1. The number of carbonyl (C=O) groups is 1. The second-order valence-electron chi connectivity index (χ2n) is 8.74. The summed E-state index contributed by atoms with van der Waals surface area (Å²) in [5.74, 6) is -0.752. The highest BCUT2D eigenvalue weighted by atomic mass is 127. The smallest absolute Gasteiger partial charge is 0.196 e. The quantitative estimate of drug-likeness (QED) is 0.110. The zero-order chi connectivity index (χ0) is 24.7. The van der Waals surface area contributed by atoms with Gasteiger partial charge >= 0.3 is 0 Å². The number of halogens is 3. The molecular formula is C26H23ClFIN4O2. The summed E-state index contributed by atoms with van der Waals surface area (Å²) in [7, 11) is 3.71. The van der Waals surface area contributed by atoms with Gasteiger partial charge in [0.25, 0.3) is 0 Å². The fraction of sp³-hybridized carbons (Fsp3) is 0.269. The van der Waals surface area contributed by atoms with Crippen molar-refractivity contribution in [3.05, 3.63) is 68.1 Å². The van der Waals surface area contributed by atoms with Crippen molar-refractivity contribution in [2.24, 2.45) is 4.99 Å². The van der Waals surface area contributed by atoms with Crippen LogP contribution in [0.2, 0.25) is 5.02 Å². The molecule has 6 nitrogen and oxygen atoms in total. The monoisotopic (exact) mass is 604 g/mol. The number of hydrogen-bond acceptors (Lipinski definition) is 4. The van der Waals surface area contributed by atoms with E-state index in [-0.39, 0.29) is 17.5 Å². The number of fused-ring (bicyclic) bond motifs is 2. The predicted octanol–water partition coefficient (Wildman–Crippen LogP) is 6.74. The minimum Gasteiger partial charge on any atom is -0.369 e. The van der Waals surface area contributed by atoms with Gasteiger partial charge in [-0.05, 0) is 71.5 Å². The fourth-order valence-electron chi connectivity index (χ4n) is 4.37. The number of nitrogens with zero attached hydrogens (tertiary/aromatic N) is 4. The average Bonchev–Trinajstić information content (AvgIpc) is 3.30. The normalized spacial score (nSPS) is 16.4. The number of ketones is 1. The van der Waals surface area contributed by atoms with E-state index in [1.165, 1.54) is 12.1 Å². The number of aliphatic imine (C=N–C) groups is 1. The second kappa shape index (κ2) is 9.83. The SMILES string of the molecule is CN(C)C=Nc1c(C(=O)c2ccc(F)c3nn(C4CCCCO4)cc23)cc(I)c2cccc(Cl)c12. The molecule has 0 saturated carbocycles. The molecule has 0 radical (unpaired) electrons. The van der Waals surface area contributed by atoms with Crippen molar-refractivity contribution < 1.29 is 13.9 Å². The molecule has 0 spiro atoms. The molecule has 4 aromatic rings. The fourth-order valence-corrected chi connectivity index (χ4v) is 5.39. The van der Waals surface area contributed by atoms with Gasteiger partial charge in [-0.15, -0.1) is 0 Å². The van der Waals surface area contributed by atoms with Gasteiger partial charge in [0.1, 0.15) is 11.7 Å². The molecule has 180 valence electrons. The molecule has 0 aliphatic carbocycles. The van der Waals surface area contributed by atoms with E-state index in [2.05, 4.69) is 32.7 Å². The van der Waals surface area contributed by atoms with Crippen molar-refractivity contribution >= 4 is 73.7 Å². The van der Waals surface area contributed by atoms with E-state index in [4.69, 9.17) is 16.3 Å². The van der Waals surface area contributed by atoms with E-state index < -0.39 is 5.82 Å². The Labute approximate surface area is 220 Å². The van der Waals surface area contributed by atoms with Crippen LogP contribution in [-0.4, -0.2) is 47.5 Å². The lowest BCUT2D eigenvalue weighted by Gasteiger charge is -2.22. The van der Waals surface area contributed by atoms with Crippen molar-refractivity contribution in [1.82, 2.24) is 14.7 Å². The number of aromatic nitrogens is 2. The zero-order valence-electron chi connectivity index (χ0n) is 19.3. The first-order valence-electron chi connectivity index (χ1n) is 11.3. The maximum atomic E-state index is 14.8. The molecular weight excluding hydrogens is 582 g/mol. The van der Waals surface area contributed by atoms with E-state index in [9.17, 15) is 9.18 Å². The topological polar surface area (TPSA) is 59.7 Å². The van der Waals surface area contributed by atoms with Gasteiger partial charge in [0.05, 0.1) is 22.6 Å². The summed E-state index contributed by atoms with van der Waals surface area (Å²) in [4.78, 5) is 20.4. The van der Waals surface area contributed by atoms with E-state index in [0.717, 1.165) is 28.2 Å². The van der Waals surface area contributed by atoms with E-state index in [0.29, 0.717) is 39.2 Å². The number of benzene rings is 3. The Morgan fingerprint density at radius 3 is 2.83 bits per heavy atom. The number of hydrogen-bond donors (Lipinski definition) is 0. The van der Waals surface area contributed by atoms with Crippen LogP contribution in [-0.2, 0) is 4.74 Å². The van der Waals surface area contributed by atoms with Gasteiger partial charge < -0.3 is 9.64 Å². The molecule has 1 atom stereocenters. The molecule has 5 rings (SSSR count). The highest BCUT2D eigenvalue weighted by Gasteiger charge is 2.25. The number of ether oxygens (including phenoxy) is 1. The van der Waals surface area contributed by atoms with Gasteiger partial charge in [0, 0.05) is 46.8 Å².